The molecule has 0 aromatic carbocycles. The van der Waals surface area contributed by atoms with E-state index >= 15 is 0 Å². The molecule has 3 N–H and O–H groups in total. The molecule has 164 valence electrons. The molecule has 1 aliphatic rings. The number of hydrogen-bond acceptors (Lipinski definition) is 3. The molecule has 1 rings (SSSR count). The lowest BCUT2D eigenvalue weighted by Crippen LogP contribution is -2.50. The van der Waals surface area contributed by atoms with Gasteiger partial charge in [-0.3, -0.25) is 4.79 Å². The van der Waals surface area contributed by atoms with Crippen molar-refractivity contribution in [3.05, 3.63) is 0 Å². The number of carboxylic acid groups (broad SMARTS) is 1. The first-order chi connectivity index (χ1) is 12.9. The van der Waals surface area contributed by atoms with Gasteiger partial charge in [-0.1, -0.05) is 51.7 Å². The molecule has 0 aliphatic heterocycles. The van der Waals surface area contributed by atoms with Gasteiger partial charge >= 0.3 is 6.09 Å². The van der Waals surface area contributed by atoms with Crippen LogP contribution in [0.25, 0.3) is 0 Å². The van der Waals surface area contributed by atoms with Gasteiger partial charge in [0, 0.05) is 32.7 Å². The zero-order chi connectivity index (χ0) is 21.4. The van der Waals surface area contributed by atoms with Crippen molar-refractivity contribution in [3.63, 3.8) is 0 Å². The van der Waals surface area contributed by atoms with E-state index in [9.17, 15) is 14.7 Å². The van der Waals surface area contributed by atoms with Gasteiger partial charge in [-0.15, -0.1) is 0 Å². The molecule has 0 saturated heterocycles. The molecule has 0 aromatic rings. The molecule has 0 aromatic heterocycles. The highest BCUT2D eigenvalue weighted by Gasteiger charge is 2.25. The molecule has 0 bridgehead atoms. The van der Waals surface area contributed by atoms with Gasteiger partial charge in [-0.25, -0.2) is 4.79 Å². The van der Waals surface area contributed by atoms with E-state index in [-0.39, 0.29) is 24.0 Å². The van der Waals surface area contributed by atoms with Gasteiger partial charge in [0.2, 0.25) is 5.91 Å². The standard InChI is InChI=1S/C21H43N3O3Si/c1-21(2,3)23-19(25)15-22-18(14-17-10-8-7-9-11-17)16-24(20(26)27)12-13-28(4,5)6/h17-18,22H,7-16H2,1-6H3,(H,23,25)(H,26,27)/t18-/m0/s1. The van der Waals surface area contributed by atoms with E-state index in [4.69, 9.17) is 0 Å². The van der Waals surface area contributed by atoms with Gasteiger partial charge in [0.1, 0.15) is 0 Å². The third kappa shape index (κ3) is 11.7. The number of nitrogens with one attached hydrogen (secondary N) is 2. The normalized spacial score (nSPS) is 17.2. The van der Waals surface area contributed by atoms with Gasteiger partial charge in [0.15, 0.2) is 0 Å². The van der Waals surface area contributed by atoms with Crippen LogP contribution >= 0.6 is 0 Å². The largest absolute Gasteiger partial charge is 0.465 e. The fourth-order valence-corrected chi connectivity index (χ4v) is 4.69. The fourth-order valence-electron chi connectivity index (χ4n) is 3.75. The number of carbonyl (C=O) groups is 2. The molecule has 0 spiro atoms. The van der Waals surface area contributed by atoms with Crippen LogP contribution in [0.2, 0.25) is 25.7 Å². The summed E-state index contributed by atoms with van der Waals surface area (Å²) in [4.78, 5) is 25.6. The summed E-state index contributed by atoms with van der Waals surface area (Å²) in [7, 11) is -1.31. The van der Waals surface area contributed by atoms with Crippen LogP contribution in [0.1, 0.15) is 59.3 Å². The molecule has 1 saturated carbocycles. The smallest absolute Gasteiger partial charge is 0.407 e. The van der Waals surface area contributed by atoms with Crippen LogP contribution in [0.3, 0.4) is 0 Å². The van der Waals surface area contributed by atoms with E-state index in [1.54, 1.807) is 4.90 Å². The van der Waals surface area contributed by atoms with Crippen LogP contribution in [-0.4, -0.2) is 61.3 Å². The average Bonchev–Trinajstić information content (AvgIpc) is 2.54. The monoisotopic (exact) mass is 413 g/mol. The Balaban J connectivity index is 2.70. The van der Waals surface area contributed by atoms with E-state index in [1.165, 1.54) is 32.1 Å². The SMILES string of the molecule is CC(C)(C)NC(=O)CN[C@@H](CC1CCCCC1)CN(CC[Si](C)(C)C)C(=O)O. The minimum atomic E-state index is -1.31. The lowest BCUT2D eigenvalue weighted by Gasteiger charge is -2.32. The van der Waals surface area contributed by atoms with Gasteiger partial charge in [-0.05, 0) is 39.2 Å². The lowest BCUT2D eigenvalue weighted by molar-refractivity contribution is -0.121. The second-order valence-corrected chi connectivity index (χ2v) is 16.3. The summed E-state index contributed by atoms with van der Waals surface area (Å²) in [6, 6.07) is 0.978. The van der Waals surface area contributed by atoms with Crippen molar-refractivity contribution < 1.29 is 14.7 Å². The van der Waals surface area contributed by atoms with Gasteiger partial charge < -0.3 is 20.6 Å². The molecular weight excluding hydrogens is 370 g/mol. The van der Waals surface area contributed by atoms with E-state index < -0.39 is 14.2 Å². The molecule has 1 fully saturated rings. The second-order valence-electron chi connectivity index (χ2n) is 10.7. The Labute approximate surface area is 172 Å². The van der Waals surface area contributed by atoms with E-state index in [0.717, 1.165) is 12.5 Å². The lowest BCUT2D eigenvalue weighted by atomic mass is 9.84. The maximum absolute atomic E-state index is 12.2. The summed E-state index contributed by atoms with van der Waals surface area (Å²) in [6.07, 6.45) is 6.36. The Morgan fingerprint density at radius 3 is 2.25 bits per heavy atom. The molecule has 7 heteroatoms. The van der Waals surface area contributed by atoms with E-state index in [1.807, 2.05) is 20.8 Å². The van der Waals surface area contributed by atoms with E-state index in [2.05, 4.69) is 30.3 Å². The fraction of sp³-hybridized carbons (Fsp3) is 0.905. The molecule has 0 radical (unpaired) electrons. The minimum Gasteiger partial charge on any atom is -0.465 e. The second kappa shape index (κ2) is 11.2. The first-order valence-corrected chi connectivity index (χ1v) is 14.6. The highest BCUT2D eigenvalue weighted by Crippen LogP contribution is 2.27. The quantitative estimate of drug-likeness (QED) is 0.470. The zero-order valence-electron chi connectivity index (χ0n) is 18.9. The molecule has 2 amide bonds. The number of carbonyl (C=O) groups excluding carboxylic acids is 1. The number of nitrogens with zero attached hydrogens (tertiary/aromatic N) is 1. The summed E-state index contributed by atoms with van der Waals surface area (Å²) < 4.78 is 0. The molecule has 0 unspecified atom stereocenters. The molecule has 0 heterocycles. The van der Waals surface area contributed by atoms with Crippen molar-refractivity contribution in [1.29, 1.82) is 0 Å². The first kappa shape index (κ1) is 25.0. The number of rotatable bonds is 10. The van der Waals surface area contributed by atoms with Crippen molar-refractivity contribution >= 4 is 20.1 Å². The molecule has 1 aliphatic carbocycles. The van der Waals surface area contributed by atoms with Gasteiger partial charge in [0.05, 0.1) is 6.54 Å². The molecule has 28 heavy (non-hydrogen) atoms. The van der Waals surface area contributed by atoms with Crippen molar-refractivity contribution in [2.45, 2.75) is 96.6 Å². The summed E-state index contributed by atoms with van der Waals surface area (Å²) in [6.45, 7) is 14.0. The van der Waals surface area contributed by atoms with Crippen LogP contribution < -0.4 is 10.6 Å². The van der Waals surface area contributed by atoms with Gasteiger partial charge in [-0.2, -0.15) is 0 Å². The van der Waals surface area contributed by atoms with Crippen LogP contribution in [0.4, 0.5) is 4.79 Å². The van der Waals surface area contributed by atoms with Crippen molar-refractivity contribution in [2.75, 3.05) is 19.6 Å². The third-order valence-electron chi connectivity index (χ3n) is 5.25. The Morgan fingerprint density at radius 1 is 1.14 bits per heavy atom. The Kier molecular flexibility index (Phi) is 9.97. The Morgan fingerprint density at radius 2 is 1.75 bits per heavy atom. The first-order valence-electron chi connectivity index (χ1n) is 10.9. The summed E-state index contributed by atoms with van der Waals surface area (Å²) in [5.74, 6) is 0.592. The highest BCUT2D eigenvalue weighted by molar-refractivity contribution is 6.76. The predicted molar refractivity (Wildman–Crippen MR) is 119 cm³/mol. The summed E-state index contributed by atoms with van der Waals surface area (Å²) in [5.41, 5.74) is -0.262. The van der Waals surface area contributed by atoms with Crippen molar-refractivity contribution in [2.24, 2.45) is 5.92 Å². The molecule has 1 atom stereocenters. The van der Waals surface area contributed by atoms with Crippen LogP contribution in [0, 0.1) is 5.92 Å². The van der Waals surface area contributed by atoms with Gasteiger partial charge in [0.25, 0.3) is 0 Å². The maximum Gasteiger partial charge on any atom is 0.407 e. The van der Waals surface area contributed by atoms with Crippen molar-refractivity contribution in [1.82, 2.24) is 15.5 Å². The van der Waals surface area contributed by atoms with Crippen LogP contribution in [-0.2, 0) is 4.79 Å². The maximum atomic E-state index is 12.2. The number of amides is 2. The average molecular weight is 414 g/mol. The summed E-state index contributed by atoms with van der Waals surface area (Å²) in [5, 5.41) is 16.0. The van der Waals surface area contributed by atoms with Crippen LogP contribution in [0.5, 0.6) is 0 Å². The topological polar surface area (TPSA) is 81.7 Å². The Bertz CT molecular complexity index is 494. The molecular formula is C21H43N3O3Si. The molecule has 6 nitrogen and oxygen atoms in total. The minimum absolute atomic E-state index is 0.0200. The Hall–Kier alpha value is -1.08. The van der Waals surface area contributed by atoms with Crippen molar-refractivity contribution in [3.8, 4) is 0 Å². The highest BCUT2D eigenvalue weighted by atomic mass is 28.3. The predicted octanol–water partition coefficient (Wildman–Crippen LogP) is 4.15. The third-order valence-corrected chi connectivity index (χ3v) is 6.97. The van der Waals surface area contributed by atoms with Crippen LogP contribution in [0.15, 0.2) is 0 Å². The van der Waals surface area contributed by atoms with E-state index in [0.29, 0.717) is 19.0 Å². The summed E-state index contributed by atoms with van der Waals surface area (Å²) >= 11 is 0. The number of hydrogen-bond donors (Lipinski definition) is 3. The zero-order valence-corrected chi connectivity index (χ0v) is 19.9.